The minimum atomic E-state index is -11.1. The fraction of sp³-hybridized carbons (Fsp3) is 0.143. The van der Waals surface area contributed by atoms with Crippen LogP contribution in [-0.2, 0) is 0 Å². The van der Waals surface area contributed by atoms with Gasteiger partial charge in [-0.25, -0.2) is 0 Å². The predicted molar refractivity (Wildman–Crippen MR) is 84.4 cm³/mol. The molecule has 4 nitrogen and oxygen atoms in total. The average molecular weight is 429 g/mol. The van der Waals surface area contributed by atoms with E-state index >= 15 is 0 Å². The van der Waals surface area contributed by atoms with Gasteiger partial charge in [0, 0.05) is 20.2 Å². The summed E-state index contributed by atoms with van der Waals surface area (Å²) < 4.78 is 65.2. The Morgan fingerprint density at radius 1 is 0.920 bits per heavy atom. The topological polar surface area (TPSA) is 40.6 Å². The van der Waals surface area contributed by atoms with Crippen molar-refractivity contribution in [3.63, 3.8) is 0 Å². The predicted octanol–water partition coefficient (Wildman–Crippen LogP) is 6.17. The first-order chi connectivity index (χ1) is 11.2. The Hall–Kier alpha value is -2.40. The first kappa shape index (κ1) is 20.6. The molecule has 2 aromatic carbocycles. The quantitative estimate of drug-likeness (QED) is 0.333. The molecule has 0 bridgehead atoms. The van der Waals surface area contributed by atoms with Crippen molar-refractivity contribution in [3.05, 3.63) is 53.5 Å². The number of anilines is 1. The van der Waals surface area contributed by atoms with Gasteiger partial charge in [0.05, 0.1) is 11.8 Å². The summed E-state index contributed by atoms with van der Waals surface area (Å²) in [7, 11) is 3.87. The van der Waals surface area contributed by atoms with E-state index in [9.17, 15) is 20.8 Å². The van der Waals surface area contributed by atoms with E-state index in [2.05, 4.69) is 4.98 Å². The molecule has 11 heteroatoms. The fourth-order valence-corrected chi connectivity index (χ4v) is 1.63. The number of halogens is 6. The zero-order valence-corrected chi connectivity index (χ0v) is 15.0. The van der Waals surface area contributed by atoms with Crippen molar-refractivity contribution in [2.75, 3.05) is 19.0 Å². The summed E-state index contributed by atoms with van der Waals surface area (Å²) in [6.45, 7) is 0. The van der Waals surface area contributed by atoms with Crippen molar-refractivity contribution >= 4 is 25.5 Å². The Kier molecular flexibility index (Phi) is 5.35. The zero-order valence-electron chi connectivity index (χ0n) is 13.1. The van der Waals surface area contributed by atoms with E-state index in [1.54, 1.807) is 12.1 Å². The number of diazo groups is 1. The molecule has 0 aliphatic heterocycles. The van der Waals surface area contributed by atoms with Gasteiger partial charge < -0.3 is 9.64 Å². The summed E-state index contributed by atoms with van der Waals surface area (Å²) in [4.78, 5) is 5.12. The van der Waals surface area contributed by atoms with Crippen LogP contribution >= 0.6 is 0 Å². The van der Waals surface area contributed by atoms with Gasteiger partial charge in [0.25, 0.3) is 0 Å². The number of para-hydroxylation sites is 1. The van der Waals surface area contributed by atoms with Gasteiger partial charge in [-0.15, -0.1) is 0 Å². The average Bonchev–Trinajstić information content (AvgIpc) is 2.44. The molecule has 2 aromatic rings. The van der Waals surface area contributed by atoms with Crippen LogP contribution in [0.2, 0.25) is 0 Å². The molecule has 138 valence electrons. The van der Waals surface area contributed by atoms with Crippen LogP contribution in [-0.4, -0.2) is 28.3 Å². The molecule has 0 unspecified atom stereocenters. The molecule has 0 aliphatic carbocycles. The molecule has 0 heterocycles. The summed E-state index contributed by atoms with van der Waals surface area (Å²) in [5.74, 6) is 1.40. The van der Waals surface area contributed by atoms with Crippen molar-refractivity contribution in [2.45, 2.75) is 0 Å². The van der Waals surface area contributed by atoms with Gasteiger partial charge in [-0.3, -0.25) is 0 Å². The van der Waals surface area contributed by atoms with Crippen LogP contribution in [0.4, 0.5) is 32.2 Å². The molecule has 0 aromatic heterocycles. The SMILES string of the molecule is CN(C)c1ccc([N+]#N)cc1Oc1ccccc1.F[As-](F)(F)(F)(F)F. The molecular formula is C14H14AsF6N3O. The van der Waals surface area contributed by atoms with Crippen molar-refractivity contribution in [1.82, 2.24) is 0 Å². The molecule has 0 N–H and O–H groups in total. The Balaban J connectivity index is 0.000000381. The summed E-state index contributed by atoms with van der Waals surface area (Å²) in [6, 6.07) is 14.8. The molecule has 25 heavy (non-hydrogen) atoms. The van der Waals surface area contributed by atoms with Crippen molar-refractivity contribution in [1.29, 1.82) is 5.39 Å². The van der Waals surface area contributed by atoms with E-state index in [1.165, 1.54) is 0 Å². The van der Waals surface area contributed by atoms with E-state index < -0.39 is 14.2 Å². The normalized spacial score (nSPS) is 13.4. The third kappa shape index (κ3) is 10.1. The summed E-state index contributed by atoms with van der Waals surface area (Å²) in [6.07, 6.45) is 0. The van der Waals surface area contributed by atoms with E-state index in [0.29, 0.717) is 11.4 Å². The number of nitrogens with zero attached hydrogens (tertiary/aromatic N) is 3. The van der Waals surface area contributed by atoms with Gasteiger partial charge in [0.15, 0.2) is 10.7 Å². The molecular weight excluding hydrogens is 415 g/mol. The Morgan fingerprint density at radius 2 is 1.44 bits per heavy atom. The van der Waals surface area contributed by atoms with Crippen molar-refractivity contribution in [3.8, 4) is 11.5 Å². The molecule has 0 saturated carbocycles. The van der Waals surface area contributed by atoms with Gasteiger partial charge in [-0.05, 0) is 18.2 Å². The van der Waals surface area contributed by atoms with E-state index in [1.807, 2.05) is 55.4 Å². The number of rotatable bonds is 3. The monoisotopic (exact) mass is 429 g/mol. The van der Waals surface area contributed by atoms with Crippen molar-refractivity contribution in [2.24, 2.45) is 0 Å². The first-order valence-corrected chi connectivity index (χ1v) is 10.9. The Labute approximate surface area is 141 Å². The third-order valence-corrected chi connectivity index (χ3v) is 2.51. The molecule has 2 rings (SSSR count). The van der Waals surface area contributed by atoms with Gasteiger partial charge in [0.2, 0.25) is 5.39 Å². The van der Waals surface area contributed by atoms with Gasteiger partial charge in [0.1, 0.15) is 5.75 Å². The minimum absolute atomic E-state index is 0.464. The van der Waals surface area contributed by atoms with Crippen LogP contribution in [0.5, 0.6) is 11.5 Å². The molecule has 0 atom stereocenters. The number of ether oxygens (including phenoxy) is 1. The zero-order chi connectivity index (χ0) is 19.4. The second-order valence-corrected chi connectivity index (χ2v) is 9.04. The number of hydrogen-bond acceptors (Lipinski definition) is 3. The molecule has 0 aliphatic rings. The van der Waals surface area contributed by atoms with Crippen LogP contribution in [0.1, 0.15) is 0 Å². The van der Waals surface area contributed by atoms with Gasteiger partial charge >= 0.3 is 40.7 Å². The van der Waals surface area contributed by atoms with Crippen molar-refractivity contribution < 1.29 is 25.5 Å². The summed E-state index contributed by atoms with van der Waals surface area (Å²) in [5.41, 5.74) is 1.39. The van der Waals surface area contributed by atoms with Gasteiger partial charge in [-0.1, -0.05) is 18.2 Å². The molecule has 0 radical (unpaired) electrons. The summed E-state index contributed by atoms with van der Waals surface area (Å²) in [5, 5.41) is 8.81. The molecule has 0 saturated heterocycles. The van der Waals surface area contributed by atoms with E-state index in [0.717, 1.165) is 11.4 Å². The third-order valence-electron chi connectivity index (χ3n) is 2.51. The molecule has 0 spiro atoms. The van der Waals surface area contributed by atoms with Crippen LogP contribution < -0.4 is 9.64 Å². The summed E-state index contributed by atoms with van der Waals surface area (Å²) >= 11 is -11.1. The Morgan fingerprint density at radius 3 is 1.88 bits per heavy atom. The number of benzene rings is 2. The fourth-order valence-electron chi connectivity index (χ4n) is 1.63. The second kappa shape index (κ2) is 6.48. The number of hydrogen-bond donors (Lipinski definition) is 0. The van der Waals surface area contributed by atoms with E-state index in [4.69, 9.17) is 10.1 Å². The first-order valence-electron chi connectivity index (χ1n) is 6.61. The second-order valence-electron chi connectivity index (χ2n) is 5.02. The Bertz CT molecular complexity index is 761. The van der Waals surface area contributed by atoms with Gasteiger partial charge in [-0.2, -0.15) is 0 Å². The maximum absolute atomic E-state index is 11.1. The van der Waals surface area contributed by atoms with Crippen LogP contribution in [0.3, 0.4) is 0 Å². The standard InChI is InChI=1S/C14H14N3O.AsF6/c1-17(2)13-9-8-11(16-15)10-14(13)18-12-6-4-3-5-7-12;2-1(3,4,5,6)7/h3-10H,1-2H3;/q+1;-1. The molecule has 0 fully saturated rings. The van der Waals surface area contributed by atoms with Crippen LogP contribution in [0.15, 0.2) is 48.5 Å². The van der Waals surface area contributed by atoms with Crippen LogP contribution in [0.25, 0.3) is 4.98 Å². The maximum atomic E-state index is 9.91. The molecule has 0 amide bonds. The van der Waals surface area contributed by atoms with Crippen LogP contribution in [0, 0.1) is 5.39 Å². The van der Waals surface area contributed by atoms with E-state index in [-0.39, 0.29) is 0 Å².